The largest absolute Gasteiger partial charge is 0.399 e. The molecule has 2 rings (SSSR count). The second-order valence-electron chi connectivity index (χ2n) is 3.91. The zero-order valence-electron chi connectivity index (χ0n) is 9.01. The molecule has 0 atom stereocenters. The molecular formula is C12H15N3. The highest BCUT2D eigenvalue weighted by atomic mass is 15.1. The van der Waals surface area contributed by atoms with Crippen molar-refractivity contribution in [1.29, 1.82) is 0 Å². The maximum Gasteiger partial charge on any atom is 0.0953 e. The number of aromatic nitrogens is 2. The van der Waals surface area contributed by atoms with E-state index in [0.29, 0.717) is 6.04 Å². The van der Waals surface area contributed by atoms with Crippen molar-refractivity contribution in [2.45, 2.75) is 19.9 Å². The van der Waals surface area contributed by atoms with Crippen LogP contribution in [-0.4, -0.2) is 9.55 Å². The van der Waals surface area contributed by atoms with E-state index in [1.165, 1.54) is 0 Å². The van der Waals surface area contributed by atoms with Gasteiger partial charge in [-0.05, 0) is 26.0 Å². The van der Waals surface area contributed by atoms with Gasteiger partial charge in [0.1, 0.15) is 0 Å². The topological polar surface area (TPSA) is 43.8 Å². The van der Waals surface area contributed by atoms with E-state index in [0.717, 1.165) is 16.9 Å². The molecule has 78 valence electrons. The van der Waals surface area contributed by atoms with E-state index < -0.39 is 0 Å². The molecule has 3 nitrogen and oxygen atoms in total. The molecule has 0 amide bonds. The maximum absolute atomic E-state index is 5.76. The first-order valence-corrected chi connectivity index (χ1v) is 5.06. The molecule has 0 spiro atoms. The molecule has 0 fully saturated rings. The fourth-order valence-electron chi connectivity index (χ4n) is 1.64. The summed E-state index contributed by atoms with van der Waals surface area (Å²) in [5.41, 5.74) is 8.76. The van der Waals surface area contributed by atoms with Crippen LogP contribution in [-0.2, 0) is 0 Å². The van der Waals surface area contributed by atoms with Crippen LogP contribution in [0.15, 0.2) is 36.8 Å². The summed E-state index contributed by atoms with van der Waals surface area (Å²) in [6, 6.07) is 8.27. The fourth-order valence-corrected chi connectivity index (χ4v) is 1.64. The second-order valence-corrected chi connectivity index (χ2v) is 3.91. The molecule has 1 aromatic heterocycles. The van der Waals surface area contributed by atoms with Crippen molar-refractivity contribution in [2.24, 2.45) is 0 Å². The third-order valence-electron chi connectivity index (χ3n) is 2.40. The second kappa shape index (κ2) is 3.77. The zero-order chi connectivity index (χ0) is 10.8. The van der Waals surface area contributed by atoms with E-state index in [9.17, 15) is 0 Å². The Hall–Kier alpha value is -1.77. The van der Waals surface area contributed by atoms with Crippen molar-refractivity contribution in [3.05, 3.63) is 36.8 Å². The third kappa shape index (κ3) is 1.86. The molecule has 0 unspecified atom stereocenters. The van der Waals surface area contributed by atoms with Crippen molar-refractivity contribution < 1.29 is 0 Å². The van der Waals surface area contributed by atoms with Gasteiger partial charge in [-0.3, -0.25) is 0 Å². The Bertz CT molecular complexity index is 457. The SMILES string of the molecule is CC(C)n1cncc1-c1cccc(N)c1. The first-order chi connectivity index (χ1) is 7.18. The average molecular weight is 201 g/mol. The van der Waals surface area contributed by atoms with E-state index in [2.05, 4.69) is 23.4 Å². The molecule has 15 heavy (non-hydrogen) atoms. The Kier molecular flexibility index (Phi) is 2.46. The molecule has 2 N–H and O–H groups in total. The fraction of sp³-hybridized carbons (Fsp3) is 0.250. The number of nitrogens with zero attached hydrogens (tertiary/aromatic N) is 2. The number of benzene rings is 1. The standard InChI is InChI=1S/C12H15N3/c1-9(2)15-8-14-7-12(15)10-4-3-5-11(13)6-10/h3-9H,13H2,1-2H3. The molecule has 1 heterocycles. The molecule has 0 aliphatic carbocycles. The lowest BCUT2D eigenvalue weighted by molar-refractivity contribution is 0.605. The van der Waals surface area contributed by atoms with Crippen LogP contribution in [0, 0.1) is 0 Å². The quantitative estimate of drug-likeness (QED) is 0.759. The molecule has 0 aliphatic rings. The number of rotatable bonds is 2. The minimum absolute atomic E-state index is 0.406. The maximum atomic E-state index is 5.76. The van der Waals surface area contributed by atoms with E-state index in [1.807, 2.05) is 36.8 Å². The number of anilines is 1. The van der Waals surface area contributed by atoms with E-state index >= 15 is 0 Å². The summed E-state index contributed by atoms with van der Waals surface area (Å²) in [6.07, 6.45) is 3.72. The lowest BCUT2D eigenvalue weighted by Gasteiger charge is -2.11. The first kappa shape index (κ1) is 9.77. The molecule has 2 aromatic rings. The summed E-state index contributed by atoms with van der Waals surface area (Å²) in [6.45, 7) is 4.27. The van der Waals surface area contributed by atoms with Crippen LogP contribution in [0.3, 0.4) is 0 Å². The highest BCUT2D eigenvalue weighted by Crippen LogP contribution is 2.23. The van der Waals surface area contributed by atoms with Crippen molar-refractivity contribution >= 4 is 5.69 Å². The molecule has 0 bridgehead atoms. The summed E-state index contributed by atoms with van der Waals surface area (Å²) in [5, 5.41) is 0. The number of nitrogens with two attached hydrogens (primary N) is 1. The molecule has 0 saturated heterocycles. The predicted octanol–water partition coefficient (Wildman–Crippen LogP) is 2.71. The minimum Gasteiger partial charge on any atom is -0.399 e. The molecule has 0 saturated carbocycles. The van der Waals surface area contributed by atoms with Gasteiger partial charge in [-0.25, -0.2) is 4.98 Å². The average Bonchev–Trinajstić information content (AvgIpc) is 2.65. The van der Waals surface area contributed by atoms with Gasteiger partial charge in [-0.1, -0.05) is 12.1 Å². The van der Waals surface area contributed by atoms with Crippen LogP contribution in [0.1, 0.15) is 19.9 Å². The summed E-state index contributed by atoms with van der Waals surface area (Å²) in [7, 11) is 0. The minimum atomic E-state index is 0.406. The van der Waals surface area contributed by atoms with Gasteiger partial charge in [-0.15, -0.1) is 0 Å². The van der Waals surface area contributed by atoms with Gasteiger partial charge in [0.15, 0.2) is 0 Å². The van der Waals surface area contributed by atoms with Gasteiger partial charge in [0, 0.05) is 17.3 Å². The lowest BCUT2D eigenvalue weighted by Crippen LogP contribution is -2.01. The van der Waals surface area contributed by atoms with Gasteiger partial charge in [0.2, 0.25) is 0 Å². The van der Waals surface area contributed by atoms with Gasteiger partial charge in [0.25, 0.3) is 0 Å². The Labute approximate surface area is 89.6 Å². The normalized spacial score (nSPS) is 10.9. The highest BCUT2D eigenvalue weighted by molar-refractivity contribution is 5.63. The lowest BCUT2D eigenvalue weighted by atomic mass is 10.1. The Morgan fingerprint density at radius 3 is 2.80 bits per heavy atom. The van der Waals surface area contributed by atoms with Crippen molar-refractivity contribution in [1.82, 2.24) is 9.55 Å². The van der Waals surface area contributed by atoms with Crippen LogP contribution >= 0.6 is 0 Å². The highest BCUT2D eigenvalue weighted by Gasteiger charge is 2.07. The Morgan fingerprint density at radius 1 is 1.33 bits per heavy atom. The Balaban J connectivity index is 2.49. The summed E-state index contributed by atoms with van der Waals surface area (Å²) < 4.78 is 2.13. The predicted molar refractivity (Wildman–Crippen MR) is 62.5 cm³/mol. The number of nitrogen functional groups attached to an aromatic ring is 1. The van der Waals surface area contributed by atoms with Crippen LogP contribution in [0.4, 0.5) is 5.69 Å². The first-order valence-electron chi connectivity index (χ1n) is 5.06. The molecule has 0 radical (unpaired) electrons. The van der Waals surface area contributed by atoms with E-state index in [1.54, 1.807) is 0 Å². The summed E-state index contributed by atoms with van der Waals surface area (Å²) >= 11 is 0. The van der Waals surface area contributed by atoms with Crippen LogP contribution < -0.4 is 5.73 Å². The van der Waals surface area contributed by atoms with Crippen molar-refractivity contribution in [2.75, 3.05) is 5.73 Å². The van der Waals surface area contributed by atoms with Gasteiger partial charge >= 0.3 is 0 Å². The van der Waals surface area contributed by atoms with E-state index in [-0.39, 0.29) is 0 Å². The van der Waals surface area contributed by atoms with Gasteiger partial charge < -0.3 is 10.3 Å². The van der Waals surface area contributed by atoms with Crippen LogP contribution in [0.25, 0.3) is 11.3 Å². The number of imidazole rings is 1. The summed E-state index contributed by atoms with van der Waals surface area (Å²) in [5.74, 6) is 0. The third-order valence-corrected chi connectivity index (χ3v) is 2.40. The Morgan fingerprint density at radius 2 is 2.13 bits per heavy atom. The van der Waals surface area contributed by atoms with E-state index in [4.69, 9.17) is 5.73 Å². The molecular weight excluding hydrogens is 186 g/mol. The molecule has 3 heteroatoms. The monoisotopic (exact) mass is 201 g/mol. The molecule has 0 aliphatic heterocycles. The molecule has 1 aromatic carbocycles. The summed E-state index contributed by atoms with van der Waals surface area (Å²) in [4.78, 5) is 4.17. The smallest absolute Gasteiger partial charge is 0.0953 e. The van der Waals surface area contributed by atoms with Crippen LogP contribution in [0.5, 0.6) is 0 Å². The van der Waals surface area contributed by atoms with Crippen molar-refractivity contribution in [3.8, 4) is 11.3 Å². The zero-order valence-corrected chi connectivity index (χ0v) is 9.01. The number of hydrogen-bond donors (Lipinski definition) is 1. The van der Waals surface area contributed by atoms with Gasteiger partial charge in [-0.2, -0.15) is 0 Å². The van der Waals surface area contributed by atoms with Crippen molar-refractivity contribution in [3.63, 3.8) is 0 Å². The number of hydrogen-bond acceptors (Lipinski definition) is 2. The van der Waals surface area contributed by atoms with Gasteiger partial charge in [0.05, 0.1) is 18.2 Å². The van der Waals surface area contributed by atoms with Crippen LogP contribution in [0.2, 0.25) is 0 Å².